The van der Waals surface area contributed by atoms with Gasteiger partial charge in [-0.25, -0.2) is 14.8 Å². The first kappa shape index (κ1) is 20.9. The van der Waals surface area contributed by atoms with Gasteiger partial charge in [0.1, 0.15) is 22.3 Å². The number of hydrogen-bond donors (Lipinski definition) is 0. The Kier molecular flexibility index (Phi) is 6.28. The minimum absolute atomic E-state index is 0.310. The van der Waals surface area contributed by atoms with Gasteiger partial charge in [-0.2, -0.15) is 5.26 Å². The van der Waals surface area contributed by atoms with Crippen molar-refractivity contribution in [3.05, 3.63) is 35.9 Å². The molecule has 0 saturated carbocycles. The zero-order valence-corrected chi connectivity index (χ0v) is 18.0. The zero-order chi connectivity index (χ0) is 21.0. The first-order chi connectivity index (χ1) is 13.8. The van der Waals surface area contributed by atoms with Crippen LogP contribution >= 0.6 is 11.8 Å². The van der Waals surface area contributed by atoms with E-state index in [4.69, 9.17) is 9.72 Å². The number of piperazine rings is 1. The summed E-state index contributed by atoms with van der Waals surface area (Å²) < 4.78 is 5.46. The summed E-state index contributed by atoms with van der Waals surface area (Å²) in [5, 5.41) is 10.4. The highest BCUT2D eigenvalue weighted by Crippen LogP contribution is 2.30. The molecule has 0 unspecified atom stereocenters. The Bertz CT molecular complexity index is 913. The van der Waals surface area contributed by atoms with Gasteiger partial charge in [0, 0.05) is 31.7 Å². The van der Waals surface area contributed by atoms with Crippen LogP contribution in [0.25, 0.3) is 11.4 Å². The molecule has 29 heavy (non-hydrogen) atoms. The standard InChI is InChI=1S/C21H25N5O2S/c1-21(2,3)28-20(27)26-12-10-25(11-13-26)18-16(14-22)19(29-4)24-17(23-18)15-8-6-5-7-9-15/h5-9H,10-13H2,1-4H3. The smallest absolute Gasteiger partial charge is 0.410 e. The van der Waals surface area contributed by atoms with Crippen molar-refractivity contribution in [2.24, 2.45) is 0 Å². The fourth-order valence-corrected chi connectivity index (χ4v) is 3.57. The Hall–Kier alpha value is -2.79. The van der Waals surface area contributed by atoms with Crippen molar-refractivity contribution in [1.29, 1.82) is 5.26 Å². The molecule has 152 valence electrons. The van der Waals surface area contributed by atoms with E-state index < -0.39 is 5.60 Å². The summed E-state index contributed by atoms with van der Waals surface area (Å²) in [6, 6.07) is 12.0. The Labute approximate surface area is 175 Å². The normalized spacial score (nSPS) is 14.4. The second kappa shape index (κ2) is 8.70. The molecular weight excluding hydrogens is 386 g/mol. The molecule has 0 atom stereocenters. The predicted octanol–water partition coefficient (Wildman–Crippen LogP) is 3.79. The lowest BCUT2D eigenvalue weighted by atomic mass is 10.2. The molecule has 2 heterocycles. The van der Waals surface area contributed by atoms with Gasteiger partial charge in [0.15, 0.2) is 11.6 Å². The van der Waals surface area contributed by atoms with E-state index in [9.17, 15) is 10.1 Å². The summed E-state index contributed by atoms with van der Waals surface area (Å²) in [5.74, 6) is 1.22. The largest absolute Gasteiger partial charge is 0.444 e. The Morgan fingerprint density at radius 3 is 2.34 bits per heavy atom. The lowest BCUT2D eigenvalue weighted by molar-refractivity contribution is 0.0240. The van der Waals surface area contributed by atoms with Crippen molar-refractivity contribution in [2.45, 2.75) is 31.4 Å². The van der Waals surface area contributed by atoms with E-state index in [1.807, 2.05) is 62.3 Å². The molecule has 0 N–H and O–H groups in total. The number of benzene rings is 1. The van der Waals surface area contributed by atoms with E-state index in [-0.39, 0.29) is 6.09 Å². The van der Waals surface area contributed by atoms with E-state index in [1.54, 1.807) is 4.90 Å². The van der Waals surface area contributed by atoms with Crippen LogP contribution in [0, 0.1) is 11.3 Å². The number of carbonyl (C=O) groups excluding carboxylic acids is 1. The quantitative estimate of drug-likeness (QED) is 0.561. The fourth-order valence-electron chi connectivity index (χ4n) is 3.05. The summed E-state index contributed by atoms with van der Waals surface area (Å²) in [5.41, 5.74) is 0.857. The highest BCUT2D eigenvalue weighted by molar-refractivity contribution is 7.98. The fraction of sp³-hybridized carbons (Fsp3) is 0.429. The van der Waals surface area contributed by atoms with Crippen molar-refractivity contribution in [3.63, 3.8) is 0 Å². The topological polar surface area (TPSA) is 82.3 Å². The van der Waals surface area contributed by atoms with Gasteiger partial charge in [-0.15, -0.1) is 11.8 Å². The molecule has 1 aliphatic rings. The molecular formula is C21H25N5O2S. The number of rotatable bonds is 3. The van der Waals surface area contributed by atoms with Crippen LogP contribution < -0.4 is 4.90 Å². The third kappa shape index (κ3) is 4.98. The van der Waals surface area contributed by atoms with Gasteiger partial charge in [-0.1, -0.05) is 30.3 Å². The molecule has 1 amide bonds. The van der Waals surface area contributed by atoms with Gasteiger partial charge in [0.2, 0.25) is 0 Å². The van der Waals surface area contributed by atoms with Gasteiger partial charge in [-0.05, 0) is 27.0 Å². The number of hydrogen-bond acceptors (Lipinski definition) is 7. The maximum atomic E-state index is 12.3. The van der Waals surface area contributed by atoms with Crippen LogP contribution in [0.15, 0.2) is 35.4 Å². The van der Waals surface area contributed by atoms with Gasteiger partial charge in [0.05, 0.1) is 0 Å². The minimum Gasteiger partial charge on any atom is -0.444 e. The molecule has 3 rings (SSSR count). The Morgan fingerprint density at radius 1 is 1.14 bits per heavy atom. The van der Waals surface area contributed by atoms with Crippen LogP contribution in [0.3, 0.4) is 0 Å². The van der Waals surface area contributed by atoms with E-state index in [0.717, 1.165) is 5.56 Å². The van der Waals surface area contributed by atoms with Gasteiger partial charge >= 0.3 is 6.09 Å². The predicted molar refractivity (Wildman–Crippen MR) is 114 cm³/mol. The number of anilines is 1. The molecule has 1 saturated heterocycles. The molecule has 8 heteroatoms. The van der Waals surface area contributed by atoms with E-state index in [0.29, 0.717) is 48.4 Å². The summed E-state index contributed by atoms with van der Waals surface area (Å²) in [4.78, 5) is 25.4. The number of ether oxygens (including phenoxy) is 1. The molecule has 0 bridgehead atoms. The highest BCUT2D eigenvalue weighted by atomic mass is 32.2. The molecule has 1 aromatic carbocycles. The number of aromatic nitrogens is 2. The van der Waals surface area contributed by atoms with Crippen LogP contribution in [-0.4, -0.2) is 59.0 Å². The number of nitrogens with zero attached hydrogens (tertiary/aromatic N) is 5. The summed E-state index contributed by atoms with van der Waals surface area (Å²) in [7, 11) is 0. The van der Waals surface area contributed by atoms with Crippen LogP contribution in [-0.2, 0) is 4.74 Å². The average molecular weight is 412 g/mol. The number of thioether (sulfide) groups is 1. The maximum absolute atomic E-state index is 12.3. The molecule has 0 aliphatic carbocycles. The Morgan fingerprint density at radius 2 is 1.79 bits per heavy atom. The third-order valence-corrected chi connectivity index (χ3v) is 5.11. The summed E-state index contributed by atoms with van der Waals surface area (Å²) in [6.45, 7) is 7.75. The first-order valence-electron chi connectivity index (χ1n) is 9.47. The van der Waals surface area contributed by atoms with Gasteiger partial charge < -0.3 is 14.5 Å². The van der Waals surface area contributed by atoms with Gasteiger partial charge in [0.25, 0.3) is 0 Å². The molecule has 0 spiro atoms. The van der Waals surface area contributed by atoms with E-state index in [1.165, 1.54) is 11.8 Å². The lowest BCUT2D eigenvalue weighted by Crippen LogP contribution is -2.50. The van der Waals surface area contributed by atoms with Crippen LogP contribution in [0.5, 0.6) is 0 Å². The SMILES string of the molecule is CSc1nc(-c2ccccc2)nc(N2CCN(C(=O)OC(C)(C)C)CC2)c1C#N. The molecule has 0 radical (unpaired) electrons. The average Bonchev–Trinajstić information content (AvgIpc) is 2.72. The van der Waals surface area contributed by atoms with Crippen molar-refractivity contribution in [1.82, 2.24) is 14.9 Å². The maximum Gasteiger partial charge on any atom is 0.410 e. The highest BCUT2D eigenvalue weighted by Gasteiger charge is 2.28. The second-order valence-corrected chi connectivity index (χ2v) is 8.48. The minimum atomic E-state index is -0.521. The number of nitriles is 1. The van der Waals surface area contributed by atoms with E-state index in [2.05, 4.69) is 11.1 Å². The second-order valence-electron chi connectivity index (χ2n) is 7.69. The number of carbonyl (C=O) groups is 1. The Balaban J connectivity index is 1.85. The molecule has 1 fully saturated rings. The van der Waals surface area contributed by atoms with Crippen molar-refractivity contribution >= 4 is 23.7 Å². The summed E-state index contributed by atoms with van der Waals surface area (Å²) in [6.07, 6.45) is 1.59. The zero-order valence-electron chi connectivity index (χ0n) is 17.2. The van der Waals surface area contributed by atoms with Gasteiger partial charge in [-0.3, -0.25) is 0 Å². The monoisotopic (exact) mass is 411 g/mol. The van der Waals surface area contributed by atoms with Crippen LogP contribution in [0.2, 0.25) is 0 Å². The molecule has 2 aromatic rings. The first-order valence-corrected chi connectivity index (χ1v) is 10.7. The lowest BCUT2D eigenvalue weighted by Gasteiger charge is -2.36. The van der Waals surface area contributed by atoms with Crippen LogP contribution in [0.4, 0.5) is 10.6 Å². The van der Waals surface area contributed by atoms with Crippen molar-refractivity contribution in [2.75, 3.05) is 37.3 Å². The molecule has 1 aromatic heterocycles. The van der Waals surface area contributed by atoms with E-state index >= 15 is 0 Å². The van der Waals surface area contributed by atoms with Crippen LogP contribution in [0.1, 0.15) is 26.3 Å². The van der Waals surface area contributed by atoms with Crippen molar-refractivity contribution in [3.8, 4) is 17.5 Å². The van der Waals surface area contributed by atoms with Crippen molar-refractivity contribution < 1.29 is 9.53 Å². The summed E-state index contributed by atoms with van der Waals surface area (Å²) >= 11 is 1.43. The third-order valence-electron chi connectivity index (χ3n) is 4.42. The number of amides is 1. The molecule has 7 nitrogen and oxygen atoms in total. The molecule has 1 aliphatic heterocycles.